The van der Waals surface area contributed by atoms with Crippen LogP contribution in [0, 0.1) is 11.5 Å². The molecule has 0 radical (unpaired) electrons. The van der Waals surface area contributed by atoms with Crippen molar-refractivity contribution in [2.45, 2.75) is 31.5 Å². The van der Waals surface area contributed by atoms with Crippen molar-refractivity contribution in [3.63, 3.8) is 0 Å². The molecule has 1 aliphatic carbocycles. The second-order valence-electron chi connectivity index (χ2n) is 4.77. The Morgan fingerprint density at radius 2 is 1.80 bits per heavy atom. The van der Waals surface area contributed by atoms with Crippen LogP contribution in [0.4, 0.5) is 0 Å². The zero-order valence-corrected chi connectivity index (χ0v) is 10.2. The summed E-state index contributed by atoms with van der Waals surface area (Å²) in [6.45, 7) is 4.45. The Balaban J connectivity index is 2.22. The third-order valence-electron chi connectivity index (χ3n) is 2.83. The summed E-state index contributed by atoms with van der Waals surface area (Å²) in [5.41, 5.74) is 2.68. The molecule has 0 bridgehead atoms. The van der Waals surface area contributed by atoms with Gasteiger partial charge >= 0.3 is 0 Å². The summed E-state index contributed by atoms with van der Waals surface area (Å²) < 4.78 is 0. The smallest absolute Gasteiger partial charge is 0.162 e. The lowest BCUT2D eigenvalue weighted by Gasteiger charge is -2.15. The van der Waals surface area contributed by atoms with E-state index in [1.54, 1.807) is 0 Å². The van der Waals surface area contributed by atoms with Crippen molar-refractivity contribution in [2.75, 3.05) is 0 Å². The molecule has 1 aliphatic rings. The van der Waals surface area contributed by atoms with Crippen LogP contribution in [0.3, 0.4) is 0 Å². The first-order valence-corrected chi connectivity index (χ1v) is 8.34. The van der Waals surface area contributed by atoms with Gasteiger partial charge in [-0.3, -0.25) is 0 Å². The quantitative estimate of drug-likeness (QED) is 0.559. The van der Waals surface area contributed by atoms with Crippen LogP contribution in [-0.2, 0) is 0 Å². The maximum absolute atomic E-state index is 9.69. The first-order valence-electron chi connectivity index (χ1n) is 5.34. The molecule has 2 heteroatoms. The highest BCUT2D eigenvalue weighted by Crippen LogP contribution is 2.33. The van der Waals surface area contributed by atoms with E-state index in [0.29, 0.717) is 0 Å². The molecule has 1 aromatic rings. The summed E-state index contributed by atoms with van der Waals surface area (Å²) in [5, 5.41) is 11.0. The van der Waals surface area contributed by atoms with E-state index in [1.807, 2.05) is 6.07 Å². The van der Waals surface area contributed by atoms with Gasteiger partial charge < -0.3 is 5.11 Å². The molecule has 1 nitrogen and oxygen atoms in total. The Kier molecular flexibility index (Phi) is 2.45. The van der Waals surface area contributed by atoms with Gasteiger partial charge in [0.2, 0.25) is 0 Å². The summed E-state index contributed by atoms with van der Waals surface area (Å²) in [6, 6.07) is 10.4. The van der Waals surface area contributed by atoms with Crippen LogP contribution >= 0.6 is 0 Å². The van der Waals surface area contributed by atoms with Gasteiger partial charge in [0.05, 0.1) is 0 Å². The van der Waals surface area contributed by atoms with Gasteiger partial charge in [-0.2, -0.15) is 0 Å². The van der Waals surface area contributed by atoms with Gasteiger partial charge in [-0.05, 0) is 18.0 Å². The predicted octanol–water partition coefficient (Wildman–Crippen LogP) is 1.67. The normalized spacial score (nSPS) is 17.8. The second-order valence-corrected chi connectivity index (χ2v) is 8.85. The average Bonchev–Trinajstić information content (AvgIpc) is 2.96. The summed E-state index contributed by atoms with van der Waals surface area (Å²) in [6.07, 6.45) is 1.69. The van der Waals surface area contributed by atoms with Gasteiger partial charge in [0.15, 0.2) is 8.07 Å². The van der Waals surface area contributed by atoms with E-state index in [0.717, 1.165) is 12.8 Å². The largest absolute Gasteiger partial charge is 0.378 e. The molecule has 1 fully saturated rings. The molecule has 0 amide bonds. The lowest BCUT2D eigenvalue weighted by Crippen LogP contribution is -2.40. The topological polar surface area (TPSA) is 20.2 Å². The number of aliphatic hydroxyl groups is 1. The fraction of sp³-hybridized carbons (Fsp3) is 0.385. The summed E-state index contributed by atoms with van der Waals surface area (Å²) in [7, 11) is -1.67. The van der Waals surface area contributed by atoms with Crippen LogP contribution in [0.2, 0.25) is 13.1 Å². The molecule has 15 heavy (non-hydrogen) atoms. The Bertz CT molecular complexity index is 407. The van der Waals surface area contributed by atoms with Crippen LogP contribution in [0.15, 0.2) is 30.3 Å². The molecule has 0 saturated heterocycles. The van der Waals surface area contributed by atoms with E-state index < -0.39 is 13.7 Å². The standard InChI is InChI=1S/C13H16OSi/c1-15(2,11-10-13(14)8-9-13)12-6-4-3-5-7-12/h3-7,14H,8-9H2,1-2H3. The molecule has 1 N–H and O–H groups in total. The van der Waals surface area contributed by atoms with Gasteiger partial charge in [0, 0.05) is 0 Å². The van der Waals surface area contributed by atoms with Crippen LogP contribution in [0.25, 0.3) is 0 Å². The van der Waals surface area contributed by atoms with Gasteiger partial charge in [-0.25, -0.2) is 0 Å². The van der Waals surface area contributed by atoms with Gasteiger partial charge in [0.25, 0.3) is 0 Å². The van der Waals surface area contributed by atoms with E-state index in [2.05, 4.69) is 48.8 Å². The zero-order valence-electron chi connectivity index (χ0n) is 9.25. The van der Waals surface area contributed by atoms with Crippen molar-refractivity contribution in [1.82, 2.24) is 0 Å². The minimum absolute atomic E-state index is 0.640. The molecule has 1 aromatic carbocycles. The lowest BCUT2D eigenvalue weighted by atomic mass is 10.4. The van der Waals surface area contributed by atoms with Gasteiger partial charge in [-0.1, -0.05) is 49.3 Å². The molecular weight excluding hydrogens is 200 g/mol. The lowest BCUT2D eigenvalue weighted by molar-refractivity contribution is 0.212. The monoisotopic (exact) mass is 216 g/mol. The number of rotatable bonds is 1. The summed E-state index contributed by atoms with van der Waals surface area (Å²) >= 11 is 0. The molecule has 0 heterocycles. The molecule has 0 spiro atoms. The molecular formula is C13H16OSi. The van der Waals surface area contributed by atoms with E-state index in [9.17, 15) is 5.11 Å². The predicted molar refractivity (Wildman–Crippen MR) is 65.5 cm³/mol. The van der Waals surface area contributed by atoms with Crippen molar-refractivity contribution in [3.8, 4) is 11.5 Å². The molecule has 0 aromatic heterocycles. The van der Waals surface area contributed by atoms with Crippen LogP contribution in [0.5, 0.6) is 0 Å². The third kappa shape index (κ3) is 2.50. The third-order valence-corrected chi connectivity index (χ3v) is 5.35. The summed E-state index contributed by atoms with van der Waals surface area (Å²) in [4.78, 5) is 0. The van der Waals surface area contributed by atoms with Crippen LogP contribution in [-0.4, -0.2) is 18.8 Å². The van der Waals surface area contributed by atoms with Crippen LogP contribution < -0.4 is 5.19 Å². The van der Waals surface area contributed by atoms with E-state index in [4.69, 9.17) is 0 Å². The van der Waals surface area contributed by atoms with E-state index in [-0.39, 0.29) is 0 Å². The van der Waals surface area contributed by atoms with Gasteiger partial charge in [-0.15, -0.1) is 5.54 Å². The molecule has 78 valence electrons. The van der Waals surface area contributed by atoms with Crippen molar-refractivity contribution in [1.29, 1.82) is 0 Å². The number of benzene rings is 1. The molecule has 0 unspecified atom stereocenters. The fourth-order valence-corrected chi connectivity index (χ4v) is 3.16. The molecule has 2 rings (SSSR count). The highest BCUT2D eigenvalue weighted by atomic mass is 28.3. The maximum atomic E-state index is 9.69. The van der Waals surface area contributed by atoms with Crippen molar-refractivity contribution in [2.24, 2.45) is 0 Å². The molecule has 1 saturated carbocycles. The SMILES string of the molecule is C[Si](C)(C#CC1(O)CC1)c1ccccc1. The van der Waals surface area contributed by atoms with Crippen molar-refractivity contribution in [3.05, 3.63) is 30.3 Å². The minimum Gasteiger partial charge on any atom is -0.378 e. The van der Waals surface area contributed by atoms with E-state index in [1.165, 1.54) is 5.19 Å². The molecule has 0 atom stereocenters. The highest BCUT2D eigenvalue weighted by Gasteiger charge is 2.38. The first-order chi connectivity index (χ1) is 7.02. The average molecular weight is 216 g/mol. The first kappa shape index (κ1) is 10.5. The summed E-state index contributed by atoms with van der Waals surface area (Å²) in [5.74, 6) is 3.04. The Hall–Kier alpha value is -1.04. The second kappa shape index (κ2) is 3.51. The van der Waals surface area contributed by atoms with E-state index >= 15 is 0 Å². The number of hydrogen-bond acceptors (Lipinski definition) is 1. The molecule has 0 aliphatic heterocycles. The zero-order chi connectivity index (χ0) is 10.9. The fourth-order valence-electron chi connectivity index (χ4n) is 1.44. The maximum Gasteiger partial charge on any atom is 0.162 e. The Morgan fingerprint density at radius 3 is 2.33 bits per heavy atom. The Morgan fingerprint density at radius 1 is 1.20 bits per heavy atom. The van der Waals surface area contributed by atoms with Crippen molar-refractivity contribution < 1.29 is 5.11 Å². The van der Waals surface area contributed by atoms with Gasteiger partial charge in [0.1, 0.15) is 5.60 Å². The Labute approximate surface area is 92.2 Å². The minimum atomic E-state index is -1.67. The highest BCUT2D eigenvalue weighted by molar-refractivity contribution is 6.96. The van der Waals surface area contributed by atoms with Crippen LogP contribution in [0.1, 0.15) is 12.8 Å². The number of hydrogen-bond donors (Lipinski definition) is 1. The van der Waals surface area contributed by atoms with Crippen molar-refractivity contribution >= 4 is 13.3 Å².